The van der Waals surface area contributed by atoms with Crippen LogP contribution < -0.4 is 10.1 Å². The molecule has 116 valence electrons. The average Bonchev–Trinajstić information content (AvgIpc) is 2.46. The van der Waals surface area contributed by atoms with E-state index in [4.69, 9.17) is 27.9 Å². The van der Waals surface area contributed by atoms with E-state index in [-0.39, 0.29) is 18.0 Å². The third-order valence-electron chi connectivity index (χ3n) is 3.88. The Balaban J connectivity index is 2.07. The van der Waals surface area contributed by atoms with E-state index >= 15 is 0 Å². The lowest BCUT2D eigenvalue weighted by Crippen LogP contribution is -2.59. The number of nitrogens with one attached hydrogen (secondary N) is 1. The first-order valence-corrected chi connectivity index (χ1v) is 7.82. The molecule has 1 fully saturated rings. The zero-order chi connectivity index (χ0) is 15.6. The number of benzene rings is 1. The van der Waals surface area contributed by atoms with Crippen molar-refractivity contribution >= 4 is 29.1 Å². The van der Waals surface area contributed by atoms with Crippen molar-refractivity contribution in [3.63, 3.8) is 0 Å². The van der Waals surface area contributed by atoms with Crippen molar-refractivity contribution in [1.82, 2.24) is 10.2 Å². The summed E-state index contributed by atoms with van der Waals surface area (Å²) in [6.07, 6.45) is -0.603. The van der Waals surface area contributed by atoms with E-state index in [1.165, 1.54) is 0 Å². The molecule has 0 bridgehead atoms. The number of ether oxygens (including phenoxy) is 1. The highest BCUT2D eigenvalue weighted by Gasteiger charge is 2.31. The predicted octanol–water partition coefficient (Wildman–Crippen LogP) is 2.97. The lowest BCUT2D eigenvalue weighted by atomic mass is 10.1. The summed E-state index contributed by atoms with van der Waals surface area (Å²) in [6, 6.07) is 5.54. The molecule has 3 unspecified atom stereocenters. The topological polar surface area (TPSA) is 41.6 Å². The maximum Gasteiger partial charge on any atom is 0.263 e. The first-order chi connectivity index (χ1) is 9.91. The monoisotopic (exact) mass is 330 g/mol. The first kappa shape index (κ1) is 16.4. The Morgan fingerprint density at radius 3 is 2.86 bits per heavy atom. The molecule has 0 aromatic heterocycles. The summed E-state index contributed by atoms with van der Waals surface area (Å²) in [6.45, 7) is 7.32. The molecule has 1 saturated heterocycles. The van der Waals surface area contributed by atoms with Gasteiger partial charge >= 0.3 is 0 Å². The van der Waals surface area contributed by atoms with E-state index in [0.717, 1.165) is 6.54 Å². The van der Waals surface area contributed by atoms with Crippen LogP contribution in [-0.4, -0.2) is 42.1 Å². The zero-order valence-electron chi connectivity index (χ0n) is 12.4. The van der Waals surface area contributed by atoms with Gasteiger partial charge < -0.3 is 15.0 Å². The maximum absolute atomic E-state index is 12.6. The number of nitrogens with zero attached hydrogens (tertiary/aromatic N) is 1. The van der Waals surface area contributed by atoms with E-state index in [9.17, 15) is 4.79 Å². The molecule has 4 nitrogen and oxygen atoms in total. The zero-order valence-corrected chi connectivity index (χ0v) is 13.9. The third kappa shape index (κ3) is 3.62. The van der Waals surface area contributed by atoms with E-state index in [1.807, 2.05) is 11.8 Å². The van der Waals surface area contributed by atoms with Crippen molar-refractivity contribution in [2.24, 2.45) is 0 Å². The Labute approximate surface area is 135 Å². The van der Waals surface area contributed by atoms with Crippen molar-refractivity contribution in [2.75, 3.05) is 13.1 Å². The standard InChI is InChI=1S/C15H20Cl2N2O2/c1-9-10(2)19(8-7-18-9)15(20)11(3)21-13-6-4-5-12(16)14(13)17/h4-6,9-11,18H,7-8H2,1-3H3. The summed E-state index contributed by atoms with van der Waals surface area (Å²) in [4.78, 5) is 14.4. The van der Waals surface area contributed by atoms with Gasteiger partial charge in [-0.3, -0.25) is 4.79 Å². The van der Waals surface area contributed by atoms with E-state index in [2.05, 4.69) is 12.2 Å². The SMILES string of the molecule is CC(Oc1cccc(Cl)c1Cl)C(=O)N1CCNC(C)C1C. The summed E-state index contributed by atoms with van der Waals surface area (Å²) < 4.78 is 5.70. The van der Waals surface area contributed by atoms with Crippen LogP contribution in [-0.2, 0) is 4.79 Å². The molecule has 6 heteroatoms. The summed E-state index contributed by atoms with van der Waals surface area (Å²) in [7, 11) is 0. The van der Waals surface area contributed by atoms with Crippen molar-refractivity contribution in [3.8, 4) is 5.75 Å². The highest BCUT2D eigenvalue weighted by Crippen LogP contribution is 2.32. The van der Waals surface area contributed by atoms with Gasteiger partial charge in [0.25, 0.3) is 5.91 Å². The number of carbonyl (C=O) groups excluding carboxylic acids is 1. The molecule has 0 spiro atoms. The van der Waals surface area contributed by atoms with Gasteiger partial charge in [0.05, 0.1) is 5.02 Å². The molecule has 3 atom stereocenters. The Morgan fingerprint density at radius 1 is 1.43 bits per heavy atom. The second-order valence-corrected chi connectivity index (χ2v) is 6.11. The summed E-state index contributed by atoms with van der Waals surface area (Å²) in [5.74, 6) is 0.396. The quantitative estimate of drug-likeness (QED) is 0.926. The van der Waals surface area contributed by atoms with Crippen LogP contribution in [0.4, 0.5) is 0 Å². The molecule has 2 rings (SSSR count). The molecule has 1 aromatic rings. The molecule has 1 heterocycles. The highest BCUT2D eigenvalue weighted by atomic mass is 35.5. The van der Waals surface area contributed by atoms with Crippen LogP contribution in [0.15, 0.2) is 18.2 Å². The van der Waals surface area contributed by atoms with Gasteiger partial charge in [0.1, 0.15) is 10.8 Å². The molecule has 1 aromatic carbocycles. The number of halogens is 2. The molecule has 1 aliphatic heterocycles. The summed E-state index contributed by atoms with van der Waals surface area (Å²) in [5, 5.41) is 4.10. The van der Waals surface area contributed by atoms with Gasteiger partial charge in [-0.2, -0.15) is 0 Å². The van der Waals surface area contributed by atoms with Gasteiger partial charge in [-0.1, -0.05) is 29.3 Å². The van der Waals surface area contributed by atoms with Gasteiger partial charge in [0.15, 0.2) is 6.10 Å². The number of carbonyl (C=O) groups is 1. The lowest BCUT2D eigenvalue weighted by Gasteiger charge is -2.39. The van der Waals surface area contributed by atoms with E-state index < -0.39 is 6.10 Å². The first-order valence-electron chi connectivity index (χ1n) is 7.06. The Bertz CT molecular complexity index is 524. The molecule has 0 saturated carbocycles. The number of hydrogen-bond donors (Lipinski definition) is 1. The number of piperazine rings is 1. The Kier molecular flexibility index (Phi) is 5.36. The maximum atomic E-state index is 12.6. The van der Waals surface area contributed by atoms with Crippen LogP contribution >= 0.6 is 23.2 Å². The smallest absolute Gasteiger partial charge is 0.263 e. The van der Waals surface area contributed by atoms with Crippen molar-refractivity contribution in [2.45, 2.75) is 39.0 Å². The highest BCUT2D eigenvalue weighted by molar-refractivity contribution is 6.42. The normalized spacial score (nSPS) is 23.8. The van der Waals surface area contributed by atoms with Gasteiger partial charge in [-0.15, -0.1) is 0 Å². The van der Waals surface area contributed by atoms with Gasteiger partial charge in [0, 0.05) is 25.2 Å². The van der Waals surface area contributed by atoms with Crippen LogP contribution in [0, 0.1) is 0 Å². The van der Waals surface area contributed by atoms with Gasteiger partial charge in [0.2, 0.25) is 0 Å². The molecule has 1 amide bonds. The van der Waals surface area contributed by atoms with Crippen LogP contribution in [0.1, 0.15) is 20.8 Å². The van der Waals surface area contributed by atoms with Gasteiger partial charge in [-0.25, -0.2) is 0 Å². The Hall–Kier alpha value is -0.970. The third-order valence-corrected chi connectivity index (χ3v) is 4.69. The fourth-order valence-corrected chi connectivity index (χ4v) is 2.75. The number of amides is 1. The van der Waals surface area contributed by atoms with Crippen molar-refractivity contribution < 1.29 is 9.53 Å². The molecule has 0 aliphatic carbocycles. The van der Waals surface area contributed by atoms with Crippen LogP contribution in [0.25, 0.3) is 0 Å². The fraction of sp³-hybridized carbons (Fsp3) is 0.533. The second-order valence-electron chi connectivity index (χ2n) is 5.33. The molecule has 1 N–H and O–H groups in total. The van der Waals surface area contributed by atoms with Crippen molar-refractivity contribution in [3.05, 3.63) is 28.2 Å². The number of hydrogen-bond acceptors (Lipinski definition) is 3. The van der Waals surface area contributed by atoms with E-state index in [1.54, 1.807) is 25.1 Å². The molecular formula is C15H20Cl2N2O2. The number of rotatable bonds is 3. The molecule has 21 heavy (non-hydrogen) atoms. The lowest BCUT2D eigenvalue weighted by molar-refractivity contribution is -0.141. The fourth-order valence-electron chi connectivity index (χ4n) is 2.42. The summed E-state index contributed by atoms with van der Waals surface area (Å²) in [5.41, 5.74) is 0. The van der Waals surface area contributed by atoms with Crippen LogP contribution in [0.3, 0.4) is 0 Å². The van der Waals surface area contributed by atoms with Crippen LogP contribution in [0.2, 0.25) is 10.0 Å². The summed E-state index contributed by atoms with van der Waals surface area (Å²) >= 11 is 12.0. The average molecular weight is 331 g/mol. The molecule has 0 radical (unpaired) electrons. The second kappa shape index (κ2) is 6.86. The van der Waals surface area contributed by atoms with E-state index in [0.29, 0.717) is 22.3 Å². The minimum absolute atomic E-state index is 0.0353. The van der Waals surface area contributed by atoms with Crippen LogP contribution in [0.5, 0.6) is 5.75 Å². The molecule has 1 aliphatic rings. The minimum Gasteiger partial charge on any atom is -0.479 e. The minimum atomic E-state index is -0.603. The Morgan fingerprint density at radius 2 is 2.14 bits per heavy atom. The predicted molar refractivity (Wildman–Crippen MR) is 85.2 cm³/mol. The van der Waals surface area contributed by atoms with Gasteiger partial charge in [-0.05, 0) is 32.9 Å². The largest absolute Gasteiger partial charge is 0.479 e. The van der Waals surface area contributed by atoms with Crippen molar-refractivity contribution in [1.29, 1.82) is 0 Å². The molecular weight excluding hydrogens is 311 g/mol.